The number of unbranched alkanes of at least 4 members (excludes halogenated alkanes) is 1. The first kappa shape index (κ1) is 14.8. The third-order valence-corrected chi connectivity index (χ3v) is 4.12. The maximum Gasteiger partial charge on any atom is 0.147 e. The van der Waals surface area contributed by atoms with Gasteiger partial charge in [0, 0.05) is 13.1 Å². The number of nitrogens with zero attached hydrogens (tertiary/aromatic N) is 2. The average Bonchev–Trinajstić information content (AvgIpc) is 2.86. The largest absolute Gasteiger partial charge is 0.395 e. The lowest BCUT2D eigenvalue weighted by atomic mass is 10.1. The van der Waals surface area contributed by atoms with Crippen molar-refractivity contribution in [1.82, 2.24) is 4.37 Å². The number of nitrogens with two attached hydrogens (primary N) is 1. The topological polar surface area (TPSA) is 62.4 Å². The van der Waals surface area contributed by atoms with Crippen LogP contribution in [0.2, 0.25) is 0 Å². The number of nitrogen functional groups attached to an aromatic ring is 1. The third kappa shape index (κ3) is 3.29. The molecule has 0 saturated heterocycles. The fraction of sp³-hybridized carbons (Fsp3) is 0.400. The van der Waals surface area contributed by atoms with Crippen molar-refractivity contribution in [3.05, 3.63) is 30.3 Å². The van der Waals surface area contributed by atoms with E-state index < -0.39 is 0 Å². The second kappa shape index (κ2) is 7.26. The summed E-state index contributed by atoms with van der Waals surface area (Å²) in [5.74, 6) is 0.565. The first-order valence-electron chi connectivity index (χ1n) is 6.94. The predicted molar refractivity (Wildman–Crippen MR) is 86.2 cm³/mol. The van der Waals surface area contributed by atoms with Crippen molar-refractivity contribution in [1.29, 1.82) is 0 Å². The maximum absolute atomic E-state index is 9.28. The molecule has 2 aromatic rings. The molecule has 0 radical (unpaired) electrons. The van der Waals surface area contributed by atoms with Crippen LogP contribution in [0, 0.1) is 0 Å². The van der Waals surface area contributed by atoms with Gasteiger partial charge in [-0.25, -0.2) is 0 Å². The van der Waals surface area contributed by atoms with Crippen LogP contribution in [0.5, 0.6) is 0 Å². The van der Waals surface area contributed by atoms with Gasteiger partial charge in [0.15, 0.2) is 0 Å². The van der Waals surface area contributed by atoms with Gasteiger partial charge in [0.25, 0.3) is 0 Å². The maximum atomic E-state index is 9.28. The molecule has 108 valence electrons. The number of anilines is 2. The standard InChI is InChI=1S/C15H21N3OS/c1-2-3-9-18(10-11-19)15-13(14(16)17-20-15)12-7-5-4-6-8-12/h4-8,19H,2-3,9-11H2,1H3,(H2,16,17). The number of hydrogen-bond donors (Lipinski definition) is 2. The van der Waals surface area contributed by atoms with Crippen molar-refractivity contribution in [2.24, 2.45) is 0 Å². The molecule has 0 amide bonds. The Kier molecular flexibility index (Phi) is 5.38. The molecule has 0 bridgehead atoms. The Balaban J connectivity index is 2.35. The highest BCUT2D eigenvalue weighted by atomic mass is 32.1. The van der Waals surface area contributed by atoms with Crippen LogP contribution >= 0.6 is 11.5 Å². The zero-order chi connectivity index (χ0) is 14.4. The van der Waals surface area contributed by atoms with E-state index in [1.165, 1.54) is 11.5 Å². The summed E-state index contributed by atoms with van der Waals surface area (Å²) >= 11 is 1.41. The lowest BCUT2D eigenvalue weighted by molar-refractivity contribution is 0.302. The molecule has 5 heteroatoms. The Morgan fingerprint density at radius 3 is 2.65 bits per heavy atom. The summed E-state index contributed by atoms with van der Waals surface area (Å²) < 4.78 is 4.30. The Labute approximate surface area is 124 Å². The van der Waals surface area contributed by atoms with E-state index in [0.29, 0.717) is 12.4 Å². The van der Waals surface area contributed by atoms with Gasteiger partial charge in [-0.05, 0) is 23.5 Å². The minimum absolute atomic E-state index is 0.135. The van der Waals surface area contributed by atoms with Gasteiger partial charge >= 0.3 is 0 Å². The van der Waals surface area contributed by atoms with E-state index in [-0.39, 0.29) is 6.61 Å². The molecular formula is C15H21N3OS. The van der Waals surface area contributed by atoms with Crippen LogP contribution in [0.15, 0.2) is 30.3 Å². The van der Waals surface area contributed by atoms with Gasteiger partial charge in [0.2, 0.25) is 0 Å². The van der Waals surface area contributed by atoms with Crippen molar-refractivity contribution in [2.75, 3.05) is 30.3 Å². The lowest BCUT2D eigenvalue weighted by Crippen LogP contribution is -2.27. The molecule has 0 aliphatic rings. The summed E-state index contributed by atoms with van der Waals surface area (Å²) in [4.78, 5) is 2.18. The smallest absolute Gasteiger partial charge is 0.147 e. The van der Waals surface area contributed by atoms with E-state index in [1.807, 2.05) is 30.3 Å². The Hall–Kier alpha value is -1.59. The number of aliphatic hydroxyl groups excluding tert-OH is 1. The van der Waals surface area contributed by atoms with Crippen molar-refractivity contribution >= 4 is 22.4 Å². The number of benzene rings is 1. The van der Waals surface area contributed by atoms with Gasteiger partial charge < -0.3 is 15.7 Å². The Morgan fingerprint density at radius 2 is 2.00 bits per heavy atom. The SMILES string of the molecule is CCCCN(CCO)c1snc(N)c1-c1ccccc1. The Bertz CT molecular complexity index is 527. The van der Waals surface area contributed by atoms with Crippen LogP contribution in [0.25, 0.3) is 11.1 Å². The molecule has 0 unspecified atom stereocenters. The predicted octanol–water partition coefficient (Wildman–Crippen LogP) is 2.99. The zero-order valence-electron chi connectivity index (χ0n) is 11.7. The second-order valence-electron chi connectivity index (χ2n) is 4.68. The molecule has 0 aliphatic carbocycles. The van der Waals surface area contributed by atoms with Crippen molar-refractivity contribution in [2.45, 2.75) is 19.8 Å². The van der Waals surface area contributed by atoms with E-state index in [2.05, 4.69) is 16.2 Å². The first-order valence-corrected chi connectivity index (χ1v) is 7.71. The Morgan fingerprint density at radius 1 is 1.25 bits per heavy atom. The molecule has 4 nitrogen and oxygen atoms in total. The highest BCUT2D eigenvalue weighted by molar-refractivity contribution is 7.11. The van der Waals surface area contributed by atoms with Gasteiger partial charge in [-0.2, -0.15) is 4.37 Å². The van der Waals surface area contributed by atoms with E-state index in [9.17, 15) is 5.11 Å². The number of rotatable bonds is 7. The summed E-state index contributed by atoms with van der Waals surface area (Å²) in [7, 11) is 0. The summed E-state index contributed by atoms with van der Waals surface area (Å²) in [6, 6.07) is 10.1. The summed E-state index contributed by atoms with van der Waals surface area (Å²) in [6.07, 6.45) is 2.21. The highest BCUT2D eigenvalue weighted by Gasteiger charge is 2.18. The van der Waals surface area contributed by atoms with E-state index in [4.69, 9.17) is 5.73 Å². The molecule has 1 aromatic carbocycles. The highest BCUT2D eigenvalue weighted by Crippen LogP contribution is 2.39. The molecule has 20 heavy (non-hydrogen) atoms. The summed E-state index contributed by atoms with van der Waals surface area (Å²) in [6.45, 7) is 3.83. The van der Waals surface area contributed by atoms with Crippen LogP contribution in [0.1, 0.15) is 19.8 Å². The number of aliphatic hydroxyl groups is 1. The summed E-state index contributed by atoms with van der Waals surface area (Å²) in [5, 5.41) is 10.3. The molecule has 0 fully saturated rings. The molecule has 2 rings (SSSR count). The monoisotopic (exact) mass is 291 g/mol. The lowest BCUT2D eigenvalue weighted by Gasteiger charge is -2.23. The minimum Gasteiger partial charge on any atom is -0.395 e. The van der Waals surface area contributed by atoms with Crippen LogP contribution in [-0.2, 0) is 0 Å². The van der Waals surface area contributed by atoms with Gasteiger partial charge in [-0.1, -0.05) is 43.7 Å². The van der Waals surface area contributed by atoms with Crippen LogP contribution in [-0.4, -0.2) is 29.2 Å². The molecule has 0 saturated carbocycles. The van der Waals surface area contributed by atoms with E-state index in [1.54, 1.807) is 0 Å². The molecule has 0 aliphatic heterocycles. The van der Waals surface area contributed by atoms with Crippen molar-refractivity contribution in [3.8, 4) is 11.1 Å². The van der Waals surface area contributed by atoms with E-state index >= 15 is 0 Å². The average molecular weight is 291 g/mol. The fourth-order valence-electron chi connectivity index (χ4n) is 2.17. The molecule has 1 heterocycles. The van der Waals surface area contributed by atoms with Crippen LogP contribution in [0.4, 0.5) is 10.8 Å². The van der Waals surface area contributed by atoms with Gasteiger partial charge in [-0.3, -0.25) is 0 Å². The molecule has 0 atom stereocenters. The molecular weight excluding hydrogens is 270 g/mol. The van der Waals surface area contributed by atoms with Crippen molar-refractivity contribution in [3.63, 3.8) is 0 Å². The van der Waals surface area contributed by atoms with Crippen LogP contribution < -0.4 is 10.6 Å². The van der Waals surface area contributed by atoms with Gasteiger partial charge in [0.1, 0.15) is 10.8 Å². The van der Waals surface area contributed by atoms with Crippen molar-refractivity contribution < 1.29 is 5.11 Å². The van der Waals surface area contributed by atoms with Gasteiger partial charge in [0.05, 0.1) is 12.2 Å². The fourth-order valence-corrected chi connectivity index (χ4v) is 3.06. The third-order valence-electron chi connectivity index (χ3n) is 3.20. The number of aromatic nitrogens is 1. The molecule has 3 N–H and O–H groups in total. The van der Waals surface area contributed by atoms with Crippen LogP contribution in [0.3, 0.4) is 0 Å². The summed E-state index contributed by atoms with van der Waals surface area (Å²) in [5.41, 5.74) is 8.11. The first-order chi connectivity index (χ1) is 9.77. The molecule has 0 spiro atoms. The zero-order valence-corrected chi connectivity index (χ0v) is 12.6. The molecule has 1 aromatic heterocycles. The quantitative estimate of drug-likeness (QED) is 0.823. The number of hydrogen-bond acceptors (Lipinski definition) is 5. The van der Waals surface area contributed by atoms with E-state index in [0.717, 1.165) is 35.5 Å². The minimum atomic E-state index is 0.135. The van der Waals surface area contributed by atoms with Gasteiger partial charge in [-0.15, -0.1) is 0 Å². The second-order valence-corrected chi connectivity index (χ2v) is 5.43. The normalized spacial score (nSPS) is 10.7.